The number of para-hydroxylation sites is 3. The SMILES string of the molecule is COc1ccccc1OCC(=O)Nc1ccc(N2c3ccccc3CC2C)cn1. The molecule has 1 aromatic heterocycles. The highest BCUT2D eigenvalue weighted by Crippen LogP contribution is 2.37. The van der Waals surface area contributed by atoms with Crippen molar-refractivity contribution in [3.63, 3.8) is 0 Å². The van der Waals surface area contributed by atoms with Crippen LogP contribution in [0.25, 0.3) is 0 Å². The molecule has 2 heterocycles. The zero-order valence-corrected chi connectivity index (χ0v) is 16.5. The highest BCUT2D eigenvalue weighted by molar-refractivity contribution is 5.91. The maximum Gasteiger partial charge on any atom is 0.263 e. The number of benzene rings is 2. The van der Waals surface area contributed by atoms with Gasteiger partial charge >= 0.3 is 0 Å². The third-order valence-corrected chi connectivity index (χ3v) is 4.93. The van der Waals surface area contributed by atoms with Gasteiger partial charge in [0.15, 0.2) is 18.1 Å². The highest BCUT2D eigenvalue weighted by atomic mass is 16.5. The molecule has 0 spiro atoms. The molecule has 148 valence electrons. The first kappa shape index (κ1) is 18.8. The minimum absolute atomic E-state index is 0.125. The van der Waals surface area contributed by atoms with Crippen molar-refractivity contribution in [2.45, 2.75) is 19.4 Å². The Morgan fingerprint density at radius 2 is 1.86 bits per heavy atom. The number of ether oxygens (including phenoxy) is 2. The van der Waals surface area contributed by atoms with Crippen LogP contribution in [0.4, 0.5) is 17.2 Å². The Bertz CT molecular complexity index is 1000. The number of amides is 1. The number of fused-ring (bicyclic) bond motifs is 1. The number of rotatable bonds is 6. The summed E-state index contributed by atoms with van der Waals surface area (Å²) in [6.45, 7) is 2.07. The molecule has 2 aromatic carbocycles. The van der Waals surface area contributed by atoms with E-state index < -0.39 is 0 Å². The number of carbonyl (C=O) groups is 1. The lowest BCUT2D eigenvalue weighted by Gasteiger charge is -2.24. The molecule has 1 atom stereocenters. The zero-order valence-electron chi connectivity index (χ0n) is 16.5. The molecule has 0 fully saturated rings. The molecule has 0 radical (unpaired) electrons. The average Bonchev–Trinajstić information content (AvgIpc) is 3.09. The van der Waals surface area contributed by atoms with E-state index in [-0.39, 0.29) is 12.5 Å². The van der Waals surface area contributed by atoms with Crippen molar-refractivity contribution in [1.29, 1.82) is 0 Å². The van der Waals surface area contributed by atoms with Gasteiger partial charge in [-0.25, -0.2) is 4.98 Å². The summed E-state index contributed by atoms with van der Waals surface area (Å²) in [5.41, 5.74) is 3.56. The van der Waals surface area contributed by atoms with Crippen molar-refractivity contribution < 1.29 is 14.3 Å². The number of hydrogen-bond donors (Lipinski definition) is 1. The van der Waals surface area contributed by atoms with E-state index in [9.17, 15) is 4.79 Å². The topological polar surface area (TPSA) is 63.7 Å². The summed E-state index contributed by atoms with van der Waals surface area (Å²) in [4.78, 5) is 18.9. The lowest BCUT2D eigenvalue weighted by atomic mass is 10.1. The molecule has 0 saturated heterocycles. The van der Waals surface area contributed by atoms with E-state index in [0.717, 1.165) is 12.1 Å². The fourth-order valence-corrected chi connectivity index (χ4v) is 3.62. The summed E-state index contributed by atoms with van der Waals surface area (Å²) in [5, 5.41) is 2.76. The molecule has 1 N–H and O–H groups in total. The summed E-state index contributed by atoms with van der Waals surface area (Å²) in [6, 6.07) is 19.8. The molecule has 1 aliphatic rings. The second-order valence-electron chi connectivity index (χ2n) is 6.94. The lowest BCUT2D eigenvalue weighted by molar-refractivity contribution is -0.118. The van der Waals surface area contributed by atoms with Gasteiger partial charge in [-0.05, 0) is 49.2 Å². The molecule has 0 aliphatic carbocycles. The number of hydrogen-bond acceptors (Lipinski definition) is 5. The zero-order chi connectivity index (χ0) is 20.2. The molecule has 6 heteroatoms. The highest BCUT2D eigenvalue weighted by Gasteiger charge is 2.26. The summed E-state index contributed by atoms with van der Waals surface area (Å²) < 4.78 is 10.8. The minimum Gasteiger partial charge on any atom is -0.493 e. The van der Waals surface area contributed by atoms with Gasteiger partial charge in [0.25, 0.3) is 5.91 Å². The molecule has 1 aliphatic heterocycles. The summed E-state index contributed by atoms with van der Waals surface area (Å²) in [7, 11) is 1.56. The predicted octanol–water partition coefficient (Wildman–Crippen LogP) is 4.19. The molecule has 0 saturated carbocycles. The molecule has 6 nitrogen and oxygen atoms in total. The maximum absolute atomic E-state index is 12.2. The van der Waals surface area contributed by atoms with Crippen LogP contribution < -0.4 is 19.7 Å². The van der Waals surface area contributed by atoms with Crippen LogP contribution in [-0.2, 0) is 11.2 Å². The van der Waals surface area contributed by atoms with E-state index in [0.29, 0.717) is 23.4 Å². The van der Waals surface area contributed by atoms with Crippen molar-refractivity contribution >= 4 is 23.1 Å². The Kier molecular flexibility index (Phi) is 5.33. The maximum atomic E-state index is 12.2. The third-order valence-electron chi connectivity index (χ3n) is 4.93. The standard InChI is InChI=1S/C23H23N3O3/c1-16-13-17-7-3-4-8-19(17)26(16)18-11-12-22(24-14-18)25-23(27)15-29-21-10-6-5-9-20(21)28-2/h3-12,14,16H,13,15H2,1-2H3,(H,24,25,27). The first-order chi connectivity index (χ1) is 14.2. The Morgan fingerprint density at radius 3 is 2.62 bits per heavy atom. The van der Waals surface area contributed by atoms with Gasteiger partial charge in [-0.2, -0.15) is 0 Å². The van der Waals surface area contributed by atoms with Crippen molar-refractivity contribution in [3.05, 3.63) is 72.4 Å². The van der Waals surface area contributed by atoms with E-state index in [1.165, 1.54) is 11.3 Å². The Hall–Kier alpha value is -3.54. The van der Waals surface area contributed by atoms with E-state index in [4.69, 9.17) is 9.47 Å². The van der Waals surface area contributed by atoms with Crippen molar-refractivity contribution in [2.24, 2.45) is 0 Å². The summed E-state index contributed by atoms with van der Waals surface area (Å²) >= 11 is 0. The second-order valence-corrected chi connectivity index (χ2v) is 6.94. The Balaban J connectivity index is 1.39. The predicted molar refractivity (Wildman–Crippen MR) is 113 cm³/mol. The van der Waals surface area contributed by atoms with Crippen LogP contribution in [0.5, 0.6) is 11.5 Å². The Labute approximate surface area is 170 Å². The van der Waals surface area contributed by atoms with Crippen molar-refractivity contribution in [3.8, 4) is 11.5 Å². The van der Waals surface area contributed by atoms with Crippen LogP contribution in [0.15, 0.2) is 66.9 Å². The van der Waals surface area contributed by atoms with Gasteiger partial charge in [-0.3, -0.25) is 4.79 Å². The van der Waals surface area contributed by atoms with Gasteiger partial charge in [0.2, 0.25) is 0 Å². The van der Waals surface area contributed by atoms with Crippen molar-refractivity contribution in [1.82, 2.24) is 4.98 Å². The number of nitrogens with zero attached hydrogens (tertiary/aromatic N) is 2. The van der Waals surface area contributed by atoms with Crippen LogP contribution in [0.2, 0.25) is 0 Å². The van der Waals surface area contributed by atoms with Crippen LogP contribution in [0, 0.1) is 0 Å². The molecule has 4 rings (SSSR count). The summed E-state index contributed by atoms with van der Waals surface area (Å²) in [5.74, 6) is 1.32. The molecule has 1 unspecified atom stereocenters. The van der Waals surface area contributed by atoms with E-state index in [2.05, 4.69) is 40.3 Å². The van der Waals surface area contributed by atoms with E-state index >= 15 is 0 Å². The molecule has 1 amide bonds. The minimum atomic E-state index is -0.281. The van der Waals surface area contributed by atoms with E-state index in [1.54, 1.807) is 25.4 Å². The lowest BCUT2D eigenvalue weighted by Crippen LogP contribution is -2.24. The number of aromatic nitrogens is 1. The van der Waals surface area contributed by atoms with Crippen molar-refractivity contribution in [2.75, 3.05) is 23.9 Å². The molecular weight excluding hydrogens is 366 g/mol. The van der Waals surface area contributed by atoms with Gasteiger partial charge in [0.05, 0.1) is 19.0 Å². The van der Waals surface area contributed by atoms with Crippen LogP contribution in [-0.4, -0.2) is 30.6 Å². The van der Waals surface area contributed by atoms with Gasteiger partial charge in [-0.15, -0.1) is 0 Å². The first-order valence-electron chi connectivity index (χ1n) is 9.54. The number of methoxy groups -OCH3 is 1. The van der Waals surface area contributed by atoms with Gasteiger partial charge in [0, 0.05) is 11.7 Å². The fourth-order valence-electron chi connectivity index (χ4n) is 3.62. The molecular formula is C23H23N3O3. The quantitative estimate of drug-likeness (QED) is 0.685. The molecule has 3 aromatic rings. The summed E-state index contributed by atoms with van der Waals surface area (Å²) in [6.07, 6.45) is 2.80. The third kappa shape index (κ3) is 4.01. The molecule has 29 heavy (non-hydrogen) atoms. The van der Waals surface area contributed by atoms with Gasteiger partial charge in [-0.1, -0.05) is 30.3 Å². The van der Waals surface area contributed by atoms with Crippen LogP contribution >= 0.6 is 0 Å². The monoisotopic (exact) mass is 389 g/mol. The normalized spacial score (nSPS) is 15.0. The van der Waals surface area contributed by atoms with E-state index in [1.807, 2.05) is 30.3 Å². The van der Waals surface area contributed by atoms with Gasteiger partial charge in [0.1, 0.15) is 5.82 Å². The number of nitrogens with one attached hydrogen (secondary N) is 1. The van der Waals surface area contributed by atoms with Crippen LogP contribution in [0.1, 0.15) is 12.5 Å². The number of anilines is 3. The molecule has 0 bridgehead atoms. The second kappa shape index (κ2) is 8.22. The number of carbonyl (C=O) groups excluding carboxylic acids is 1. The average molecular weight is 389 g/mol. The number of pyridine rings is 1. The smallest absolute Gasteiger partial charge is 0.263 e. The largest absolute Gasteiger partial charge is 0.493 e. The first-order valence-corrected chi connectivity index (χ1v) is 9.54. The Morgan fingerprint density at radius 1 is 1.10 bits per heavy atom. The van der Waals surface area contributed by atoms with Gasteiger partial charge < -0.3 is 19.7 Å². The van der Waals surface area contributed by atoms with Crippen LogP contribution in [0.3, 0.4) is 0 Å². The fraction of sp³-hybridized carbons (Fsp3) is 0.217.